The van der Waals surface area contributed by atoms with Gasteiger partial charge in [0.2, 0.25) is 5.91 Å². The van der Waals surface area contributed by atoms with Gasteiger partial charge in [-0.15, -0.1) is 0 Å². The van der Waals surface area contributed by atoms with Gasteiger partial charge in [0.1, 0.15) is 6.10 Å². The van der Waals surface area contributed by atoms with Gasteiger partial charge in [-0.25, -0.2) is 0 Å². The van der Waals surface area contributed by atoms with Crippen molar-refractivity contribution < 1.29 is 20.1 Å². The van der Waals surface area contributed by atoms with Gasteiger partial charge in [-0.05, 0) is 38.5 Å². The van der Waals surface area contributed by atoms with Gasteiger partial charge < -0.3 is 20.6 Å². The summed E-state index contributed by atoms with van der Waals surface area (Å²) in [4.78, 5) is 12.5. The summed E-state index contributed by atoms with van der Waals surface area (Å²) in [6, 6.07) is -0.708. The number of hydrogen-bond acceptors (Lipinski definition) is 4. The highest BCUT2D eigenvalue weighted by molar-refractivity contribution is 5.80. The van der Waals surface area contributed by atoms with Crippen LogP contribution in [-0.2, 0) is 4.79 Å². The van der Waals surface area contributed by atoms with E-state index in [1.807, 2.05) is 0 Å². The van der Waals surface area contributed by atoms with Gasteiger partial charge in [0.05, 0.1) is 18.8 Å². The van der Waals surface area contributed by atoms with Crippen molar-refractivity contribution in [1.82, 2.24) is 5.32 Å². The number of carbonyl (C=O) groups is 1. The summed E-state index contributed by atoms with van der Waals surface area (Å²) in [5, 5.41) is 33.4. The molecule has 3 unspecified atom stereocenters. The molecule has 0 aliphatic heterocycles. The van der Waals surface area contributed by atoms with E-state index in [2.05, 4.69) is 31.3 Å². The van der Waals surface area contributed by atoms with Gasteiger partial charge in [-0.2, -0.15) is 0 Å². The highest BCUT2D eigenvalue weighted by Crippen LogP contribution is 2.18. The Kier molecular flexibility index (Phi) is 53.9. The molecule has 0 heterocycles. The highest BCUT2D eigenvalue weighted by Gasteiger charge is 2.23. The van der Waals surface area contributed by atoms with Crippen molar-refractivity contribution in [2.24, 2.45) is 0 Å². The van der Waals surface area contributed by atoms with Crippen molar-refractivity contribution in [3.8, 4) is 0 Å². The molecule has 0 saturated carbocycles. The molecule has 0 fully saturated rings. The van der Waals surface area contributed by atoms with Gasteiger partial charge in [0.25, 0.3) is 0 Å². The van der Waals surface area contributed by atoms with Crippen LogP contribution in [0.5, 0.6) is 0 Å². The Balaban J connectivity index is 3.41. The summed E-state index contributed by atoms with van der Waals surface area (Å²) in [5.41, 5.74) is 0. The maximum absolute atomic E-state index is 12.5. The minimum atomic E-state index is -1.07. The molecule has 382 valence electrons. The predicted molar refractivity (Wildman–Crippen MR) is 282 cm³/mol. The SMILES string of the molecule is CCCCCCCCCCCCCCCCCCCC/C=C\CCCCCCCCCCCCCCCCCCC(O)C(=O)NC(CO)C(O)CCCCCCCCCCCCCC. The topological polar surface area (TPSA) is 89.8 Å². The van der Waals surface area contributed by atoms with Crippen LogP contribution in [0.1, 0.15) is 335 Å². The average molecular weight is 905 g/mol. The number of unbranched alkanes of at least 4 members (excludes halogenated alkanes) is 45. The Morgan fingerprint density at radius 1 is 0.359 bits per heavy atom. The fraction of sp³-hybridized carbons (Fsp3) is 0.949. The van der Waals surface area contributed by atoms with Crippen molar-refractivity contribution in [2.45, 2.75) is 353 Å². The lowest BCUT2D eigenvalue weighted by Gasteiger charge is -2.23. The van der Waals surface area contributed by atoms with Crippen molar-refractivity contribution in [3.63, 3.8) is 0 Å². The van der Waals surface area contributed by atoms with Crippen LogP contribution in [0, 0.1) is 0 Å². The number of nitrogens with one attached hydrogen (secondary N) is 1. The molecule has 0 aromatic rings. The second-order valence-electron chi connectivity index (χ2n) is 20.6. The first-order chi connectivity index (χ1) is 31.6. The molecule has 0 bridgehead atoms. The number of rotatable bonds is 55. The summed E-state index contributed by atoms with van der Waals surface area (Å²) in [7, 11) is 0. The molecule has 0 aliphatic carbocycles. The molecular formula is C59H117NO4. The molecule has 4 N–H and O–H groups in total. The molecule has 3 atom stereocenters. The van der Waals surface area contributed by atoms with Crippen LogP contribution in [0.15, 0.2) is 12.2 Å². The van der Waals surface area contributed by atoms with Gasteiger partial charge in [-0.3, -0.25) is 4.79 Å². The first-order valence-corrected chi connectivity index (χ1v) is 29.5. The zero-order valence-electron chi connectivity index (χ0n) is 43.7. The standard InChI is InChI=1S/C59H117NO4/c1-3-5-7-9-11-13-15-17-18-19-20-21-22-23-24-25-26-27-28-29-30-31-32-33-34-35-36-37-38-39-40-41-42-44-46-48-50-52-54-58(63)59(64)60-56(55-61)57(62)53-51-49-47-45-43-16-14-12-10-8-6-4-2/h29-30,56-58,61-63H,3-28,31-55H2,1-2H3,(H,60,64)/b30-29-. The molecule has 0 aromatic carbocycles. The molecule has 1 amide bonds. The zero-order chi connectivity index (χ0) is 46.5. The van der Waals surface area contributed by atoms with E-state index >= 15 is 0 Å². The van der Waals surface area contributed by atoms with E-state index in [4.69, 9.17) is 0 Å². The molecule has 0 radical (unpaired) electrons. The fourth-order valence-electron chi connectivity index (χ4n) is 9.54. The summed E-state index contributed by atoms with van der Waals surface area (Å²) in [6.07, 6.45) is 68.6. The highest BCUT2D eigenvalue weighted by atomic mass is 16.3. The molecule has 0 rings (SSSR count). The van der Waals surface area contributed by atoms with Gasteiger partial charge in [-0.1, -0.05) is 309 Å². The number of allylic oxidation sites excluding steroid dienone is 2. The maximum Gasteiger partial charge on any atom is 0.249 e. The van der Waals surface area contributed by atoms with Crippen LogP contribution in [0.2, 0.25) is 0 Å². The Bertz CT molecular complexity index is 909. The zero-order valence-corrected chi connectivity index (χ0v) is 43.7. The van der Waals surface area contributed by atoms with Crippen LogP contribution in [0.3, 0.4) is 0 Å². The van der Waals surface area contributed by atoms with Crippen LogP contribution < -0.4 is 5.32 Å². The first-order valence-electron chi connectivity index (χ1n) is 29.5. The molecule has 5 nitrogen and oxygen atoms in total. The van der Waals surface area contributed by atoms with Crippen LogP contribution in [0.25, 0.3) is 0 Å². The lowest BCUT2D eigenvalue weighted by Crippen LogP contribution is -2.49. The van der Waals surface area contributed by atoms with Crippen molar-refractivity contribution >= 4 is 5.91 Å². The van der Waals surface area contributed by atoms with E-state index in [1.54, 1.807) is 0 Å². The van der Waals surface area contributed by atoms with Crippen molar-refractivity contribution in [3.05, 3.63) is 12.2 Å². The third-order valence-electron chi connectivity index (χ3n) is 14.1. The van der Waals surface area contributed by atoms with E-state index in [-0.39, 0.29) is 6.61 Å². The molecule has 5 heteroatoms. The molecule has 0 aromatic heterocycles. The minimum absolute atomic E-state index is 0.310. The molecule has 0 aliphatic rings. The van der Waals surface area contributed by atoms with Crippen molar-refractivity contribution in [1.29, 1.82) is 0 Å². The van der Waals surface area contributed by atoms with E-state index in [1.165, 1.54) is 276 Å². The predicted octanol–water partition coefficient (Wildman–Crippen LogP) is 18.3. The number of aliphatic hydroxyl groups is 3. The lowest BCUT2D eigenvalue weighted by atomic mass is 10.0. The third-order valence-corrected chi connectivity index (χ3v) is 14.1. The van der Waals surface area contributed by atoms with Gasteiger partial charge in [0.15, 0.2) is 0 Å². The Morgan fingerprint density at radius 2 is 0.594 bits per heavy atom. The monoisotopic (exact) mass is 904 g/mol. The second kappa shape index (κ2) is 54.7. The minimum Gasteiger partial charge on any atom is -0.394 e. The largest absolute Gasteiger partial charge is 0.394 e. The van der Waals surface area contributed by atoms with E-state index in [0.717, 1.165) is 32.1 Å². The Hall–Kier alpha value is -0.910. The quantitative estimate of drug-likeness (QED) is 0.0362. The number of amides is 1. The second-order valence-corrected chi connectivity index (χ2v) is 20.6. The van der Waals surface area contributed by atoms with Crippen LogP contribution in [0.4, 0.5) is 0 Å². The van der Waals surface area contributed by atoms with Crippen molar-refractivity contribution in [2.75, 3.05) is 6.61 Å². The van der Waals surface area contributed by atoms with Crippen LogP contribution >= 0.6 is 0 Å². The first kappa shape index (κ1) is 63.1. The number of carbonyl (C=O) groups excluding carboxylic acids is 1. The molecule has 64 heavy (non-hydrogen) atoms. The van der Waals surface area contributed by atoms with Gasteiger partial charge in [0, 0.05) is 0 Å². The average Bonchev–Trinajstić information content (AvgIpc) is 3.30. The third kappa shape index (κ3) is 49.0. The number of aliphatic hydroxyl groups excluding tert-OH is 3. The summed E-state index contributed by atoms with van der Waals surface area (Å²) in [6.45, 7) is 4.25. The van der Waals surface area contributed by atoms with E-state index < -0.39 is 24.2 Å². The summed E-state index contributed by atoms with van der Waals surface area (Å²) < 4.78 is 0. The van der Waals surface area contributed by atoms with E-state index in [0.29, 0.717) is 12.8 Å². The molecule has 0 spiro atoms. The maximum atomic E-state index is 12.5. The summed E-state index contributed by atoms with van der Waals surface area (Å²) in [5.74, 6) is -0.466. The lowest BCUT2D eigenvalue weighted by molar-refractivity contribution is -0.131. The van der Waals surface area contributed by atoms with Crippen LogP contribution in [-0.4, -0.2) is 46.1 Å². The number of hydrogen-bond donors (Lipinski definition) is 4. The smallest absolute Gasteiger partial charge is 0.249 e. The Morgan fingerprint density at radius 3 is 0.859 bits per heavy atom. The Labute approximate surface area is 401 Å². The molecular weight excluding hydrogens is 787 g/mol. The summed E-state index contributed by atoms with van der Waals surface area (Å²) >= 11 is 0. The molecule has 0 saturated heterocycles. The fourth-order valence-corrected chi connectivity index (χ4v) is 9.54. The van der Waals surface area contributed by atoms with E-state index in [9.17, 15) is 20.1 Å². The van der Waals surface area contributed by atoms with Gasteiger partial charge >= 0.3 is 0 Å². The normalized spacial score (nSPS) is 13.3.